The number of H-pyrrole nitrogens is 1. The predicted octanol–water partition coefficient (Wildman–Crippen LogP) is 0.0240. The second kappa shape index (κ2) is 2.25. The maximum Gasteiger partial charge on any atom is 0.282 e. The van der Waals surface area contributed by atoms with Crippen LogP contribution in [0.5, 0.6) is 0 Å². The lowest BCUT2D eigenvalue weighted by atomic mass is 10.4. The highest BCUT2D eigenvalue weighted by molar-refractivity contribution is 5.92. The van der Waals surface area contributed by atoms with Gasteiger partial charge in [0.05, 0.1) is 11.8 Å². The lowest BCUT2D eigenvalue weighted by Gasteiger charge is -1.85. The molecule has 0 atom stereocenters. The quantitative estimate of drug-likeness (QED) is 0.525. The van der Waals surface area contributed by atoms with Gasteiger partial charge in [-0.3, -0.25) is 9.89 Å². The molecule has 5 heteroatoms. The van der Waals surface area contributed by atoms with Crippen LogP contribution in [0.3, 0.4) is 0 Å². The molecule has 0 saturated heterocycles. The number of aromatic amines is 1. The van der Waals surface area contributed by atoms with Crippen LogP contribution in [0.1, 0.15) is 10.4 Å². The Morgan fingerprint density at radius 1 is 1.89 bits per heavy atom. The molecule has 1 rings (SSSR count). The summed E-state index contributed by atoms with van der Waals surface area (Å²) in [5, 5.41) is 5.81. The fraction of sp³-hybridized carbons (Fsp3) is 0. The van der Waals surface area contributed by atoms with Crippen LogP contribution in [0.4, 0.5) is 4.48 Å². The van der Waals surface area contributed by atoms with Gasteiger partial charge in [0.2, 0.25) is 0 Å². The fourth-order valence-electron chi connectivity index (χ4n) is 0.430. The Morgan fingerprint density at radius 2 is 2.67 bits per heavy atom. The summed E-state index contributed by atoms with van der Waals surface area (Å²) in [6, 6.07) is 0. The minimum absolute atomic E-state index is 0.178. The first kappa shape index (κ1) is 5.74. The lowest BCUT2D eigenvalue weighted by molar-refractivity contribution is 0.0859. The molecule has 0 radical (unpaired) electrons. The van der Waals surface area contributed by atoms with Gasteiger partial charge in [-0.1, -0.05) is 4.48 Å². The van der Waals surface area contributed by atoms with Gasteiger partial charge in [-0.2, -0.15) is 10.6 Å². The van der Waals surface area contributed by atoms with Crippen molar-refractivity contribution >= 4 is 5.91 Å². The van der Waals surface area contributed by atoms with Crippen LogP contribution in [-0.2, 0) is 0 Å². The number of hydrogen-bond acceptors (Lipinski definition) is 2. The normalized spacial score (nSPS) is 9.00. The van der Waals surface area contributed by atoms with Gasteiger partial charge < -0.3 is 0 Å². The molecular weight excluding hydrogens is 125 g/mol. The minimum Gasteiger partial charge on any atom is -0.285 e. The van der Waals surface area contributed by atoms with Gasteiger partial charge in [-0.25, -0.2) is 0 Å². The molecule has 0 saturated carbocycles. The number of nitrogens with one attached hydrogen (secondary N) is 2. The molecule has 2 N–H and O–H groups in total. The first-order valence-corrected chi connectivity index (χ1v) is 2.24. The lowest BCUT2D eigenvalue weighted by Crippen LogP contribution is -2.12. The third kappa shape index (κ3) is 1.04. The van der Waals surface area contributed by atoms with Crippen LogP contribution in [0, 0.1) is 0 Å². The van der Waals surface area contributed by atoms with Crippen molar-refractivity contribution in [1.29, 1.82) is 0 Å². The van der Waals surface area contributed by atoms with E-state index in [1.54, 1.807) is 0 Å². The zero-order valence-corrected chi connectivity index (χ0v) is 4.39. The topological polar surface area (TPSA) is 57.8 Å². The Balaban J connectivity index is 2.77. The smallest absolute Gasteiger partial charge is 0.282 e. The molecule has 1 aromatic rings. The monoisotopic (exact) mass is 129 g/mol. The van der Waals surface area contributed by atoms with Crippen molar-refractivity contribution in [3.8, 4) is 0 Å². The van der Waals surface area contributed by atoms with Crippen LogP contribution in [0.25, 0.3) is 0 Å². The van der Waals surface area contributed by atoms with Crippen molar-refractivity contribution in [2.24, 2.45) is 0 Å². The second-order valence-corrected chi connectivity index (χ2v) is 1.41. The van der Waals surface area contributed by atoms with Crippen LogP contribution in [-0.4, -0.2) is 16.1 Å². The van der Waals surface area contributed by atoms with E-state index < -0.39 is 5.91 Å². The van der Waals surface area contributed by atoms with E-state index in [4.69, 9.17) is 0 Å². The summed E-state index contributed by atoms with van der Waals surface area (Å²) in [7, 11) is 0. The van der Waals surface area contributed by atoms with Gasteiger partial charge in [0.1, 0.15) is 0 Å². The third-order valence-corrected chi connectivity index (χ3v) is 0.846. The molecule has 4 nitrogen and oxygen atoms in total. The van der Waals surface area contributed by atoms with E-state index in [2.05, 4.69) is 10.2 Å². The molecule has 0 unspecified atom stereocenters. The molecule has 0 aliphatic carbocycles. The van der Waals surface area contributed by atoms with Crippen LogP contribution < -0.4 is 5.54 Å². The standard InChI is InChI=1S/C4H4FN3O/c5-8-4(9)3-1-6-7-2-3/h1-2H,(H,6,7)(H,8,9). The first-order valence-electron chi connectivity index (χ1n) is 2.24. The molecule has 1 amide bonds. The van der Waals surface area contributed by atoms with E-state index in [9.17, 15) is 9.28 Å². The summed E-state index contributed by atoms with van der Waals surface area (Å²) in [5.74, 6) is -0.788. The van der Waals surface area contributed by atoms with E-state index in [0.29, 0.717) is 0 Å². The average molecular weight is 129 g/mol. The molecule has 1 aromatic heterocycles. The van der Waals surface area contributed by atoms with Crippen molar-refractivity contribution < 1.29 is 9.28 Å². The number of aromatic nitrogens is 2. The molecule has 0 aromatic carbocycles. The Bertz CT molecular complexity index is 196. The molecule has 9 heavy (non-hydrogen) atoms. The molecular formula is C4H4FN3O. The van der Waals surface area contributed by atoms with Crippen LogP contribution in [0.2, 0.25) is 0 Å². The molecule has 1 heterocycles. The molecule has 48 valence electrons. The van der Waals surface area contributed by atoms with Gasteiger partial charge in [0.25, 0.3) is 5.91 Å². The Morgan fingerprint density at radius 3 is 3.11 bits per heavy atom. The molecule has 0 aliphatic heterocycles. The predicted molar refractivity (Wildman–Crippen MR) is 27.2 cm³/mol. The van der Waals surface area contributed by atoms with Gasteiger partial charge >= 0.3 is 0 Å². The van der Waals surface area contributed by atoms with Crippen molar-refractivity contribution in [2.45, 2.75) is 0 Å². The van der Waals surface area contributed by atoms with E-state index in [1.165, 1.54) is 12.4 Å². The Labute approximate surface area is 50.0 Å². The maximum absolute atomic E-state index is 11.3. The van der Waals surface area contributed by atoms with Crippen LogP contribution >= 0.6 is 0 Å². The molecule has 0 spiro atoms. The number of halogens is 1. The van der Waals surface area contributed by atoms with Crippen molar-refractivity contribution in [3.05, 3.63) is 18.0 Å². The van der Waals surface area contributed by atoms with Gasteiger partial charge in [0, 0.05) is 6.20 Å². The zero-order chi connectivity index (χ0) is 6.69. The summed E-state index contributed by atoms with van der Waals surface area (Å²) >= 11 is 0. The van der Waals surface area contributed by atoms with Gasteiger partial charge in [-0.15, -0.1) is 0 Å². The number of rotatable bonds is 1. The highest BCUT2D eigenvalue weighted by Crippen LogP contribution is 1.91. The molecule has 0 fully saturated rings. The number of amides is 1. The van der Waals surface area contributed by atoms with Crippen molar-refractivity contribution in [3.63, 3.8) is 0 Å². The van der Waals surface area contributed by atoms with Gasteiger partial charge in [0.15, 0.2) is 0 Å². The first-order chi connectivity index (χ1) is 4.34. The van der Waals surface area contributed by atoms with Gasteiger partial charge in [-0.05, 0) is 0 Å². The molecule has 0 bridgehead atoms. The highest BCUT2D eigenvalue weighted by atomic mass is 19.2. The number of nitrogens with zero attached hydrogens (tertiary/aromatic N) is 1. The summed E-state index contributed by atoms with van der Waals surface area (Å²) in [5.41, 5.74) is 1.15. The minimum atomic E-state index is -0.788. The number of carbonyl (C=O) groups excluding carboxylic acids is 1. The fourth-order valence-corrected chi connectivity index (χ4v) is 0.430. The maximum atomic E-state index is 11.3. The Hall–Kier alpha value is -1.39. The summed E-state index contributed by atoms with van der Waals surface area (Å²) < 4.78 is 11.3. The SMILES string of the molecule is O=C(NF)c1cn[nH]c1. The third-order valence-electron chi connectivity index (χ3n) is 0.846. The van der Waals surface area contributed by atoms with E-state index in [1.807, 2.05) is 0 Å². The largest absolute Gasteiger partial charge is 0.285 e. The highest BCUT2D eigenvalue weighted by Gasteiger charge is 2.03. The molecule has 0 aliphatic rings. The van der Waals surface area contributed by atoms with Crippen molar-refractivity contribution in [2.75, 3.05) is 0 Å². The number of hydrogen-bond donors (Lipinski definition) is 2. The summed E-state index contributed by atoms with van der Waals surface area (Å²) in [6.07, 6.45) is 2.53. The summed E-state index contributed by atoms with van der Waals surface area (Å²) in [4.78, 5) is 10.3. The second-order valence-electron chi connectivity index (χ2n) is 1.41. The van der Waals surface area contributed by atoms with Crippen molar-refractivity contribution in [1.82, 2.24) is 15.7 Å². The van der Waals surface area contributed by atoms with E-state index in [-0.39, 0.29) is 5.56 Å². The Kier molecular flexibility index (Phi) is 1.44. The number of carbonyl (C=O) groups is 1. The van der Waals surface area contributed by atoms with E-state index >= 15 is 0 Å². The zero-order valence-electron chi connectivity index (χ0n) is 4.39. The van der Waals surface area contributed by atoms with E-state index in [0.717, 1.165) is 5.54 Å². The summed E-state index contributed by atoms with van der Waals surface area (Å²) in [6.45, 7) is 0. The average Bonchev–Trinajstić information content (AvgIpc) is 2.37. The van der Waals surface area contributed by atoms with Crippen LogP contribution in [0.15, 0.2) is 12.4 Å².